The second-order valence-corrected chi connectivity index (χ2v) is 21.7. The zero-order valence-corrected chi connectivity index (χ0v) is 35.3. The number of amides is 1. The van der Waals surface area contributed by atoms with E-state index in [4.69, 9.17) is 10.5 Å². The van der Waals surface area contributed by atoms with Gasteiger partial charge < -0.3 is 25.4 Å². The molecule has 1 aliphatic heterocycles. The molecule has 9 nitrogen and oxygen atoms in total. The van der Waals surface area contributed by atoms with Crippen molar-refractivity contribution in [2.45, 2.75) is 138 Å². The number of anilines is 2. The molecule has 4 N–H and O–H groups in total. The van der Waals surface area contributed by atoms with Crippen LogP contribution in [0.3, 0.4) is 0 Å². The van der Waals surface area contributed by atoms with E-state index in [1.165, 1.54) is 28.0 Å². The number of nitrogens with one attached hydrogen (secondary N) is 1. The molecule has 9 heteroatoms. The van der Waals surface area contributed by atoms with Crippen molar-refractivity contribution in [2.75, 3.05) is 36.8 Å². The van der Waals surface area contributed by atoms with Gasteiger partial charge in [0.25, 0.3) is 0 Å². The van der Waals surface area contributed by atoms with Crippen molar-refractivity contribution < 1.29 is 19.4 Å². The van der Waals surface area contributed by atoms with Gasteiger partial charge in [0.15, 0.2) is 0 Å². The number of rotatable bonds is 3. The quantitative estimate of drug-likeness (QED) is 0.285. The fourth-order valence-electron chi connectivity index (χ4n) is 13.8. The van der Waals surface area contributed by atoms with Crippen LogP contribution in [0.25, 0.3) is 5.57 Å². The number of aliphatic carboxylic acids is 1. The molecule has 7 unspecified atom stereocenters. The van der Waals surface area contributed by atoms with E-state index in [0.29, 0.717) is 30.7 Å². The monoisotopic (exact) mass is 754 g/mol. The summed E-state index contributed by atoms with van der Waals surface area (Å²) in [6.07, 6.45) is 8.16. The fraction of sp³-hybridized carbons (Fsp3) is 0.717. The Kier molecular flexibility index (Phi) is 8.55. The average Bonchev–Trinajstić information content (AvgIpc) is 3.47. The van der Waals surface area contributed by atoms with Crippen LogP contribution in [-0.2, 0) is 21.4 Å². The third-order valence-electron chi connectivity index (χ3n) is 16.9. The van der Waals surface area contributed by atoms with E-state index >= 15 is 0 Å². The first-order valence-corrected chi connectivity index (χ1v) is 21.2. The van der Waals surface area contributed by atoms with Crippen molar-refractivity contribution in [1.29, 1.82) is 0 Å². The number of allylic oxidation sites excluding steroid dienone is 2. The summed E-state index contributed by atoms with van der Waals surface area (Å²) < 4.78 is 5.66. The Morgan fingerprint density at radius 3 is 2.20 bits per heavy atom. The Labute approximate surface area is 329 Å². The number of H-pyrrole nitrogens is 1. The number of hydrogen-bond donors (Lipinski definition) is 3. The van der Waals surface area contributed by atoms with E-state index in [9.17, 15) is 14.7 Å². The zero-order valence-electron chi connectivity index (χ0n) is 35.3. The number of carbonyl (C=O) groups is 2. The number of ether oxygens (including phenoxy) is 1. The SMILES string of the molecule is CC1(C)CCC2(C(=O)O)CCC3(C)C(=C(c4ccc(N5CCN(C(=O)OC(C)(C)C)CC5)cc4)CC4C5(C)Cc6c(N)n[nH]c6C(C)(C)C5CCC43C)C2C1. The lowest BCUT2D eigenvalue weighted by molar-refractivity contribution is -0.175. The predicted octanol–water partition coefficient (Wildman–Crippen LogP) is 9.48. The number of nitrogens with zero attached hydrogens (tertiary/aromatic N) is 3. The molecule has 1 aromatic heterocycles. The molecule has 0 radical (unpaired) electrons. The molecule has 5 aliphatic carbocycles. The Morgan fingerprint density at radius 2 is 1.56 bits per heavy atom. The van der Waals surface area contributed by atoms with Gasteiger partial charge in [-0.3, -0.25) is 9.89 Å². The average molecular weight is 754 g/mol. The standard InChI is InChI=1S/C46H67N5O4/c1-40(2,3)55-39(54)51-23-21-50(22-24-51)29-13-11-28(12-14-29)30-25-34-43(8)26-31-36(48-49-37(31)47)42(6,7)33(43)15-16-44(34,9)45(10)18-20-46(38(52)53)19-17-41(4,5)27-32(46)35(30)45/h11-14,32-34H,15-27H2,1-10H3,(H,52,53)(H3,47,48,49). The summed E-state index contributed by atoms with van der Waals surface area (Å²) in [7, 11) is 0. The Morgan fingerprint density at radius 1 is 0.909 bits per heavy atom. The smallest absolute Gasteiger partial charge is 0.410 e. The predicted molar refractivity (Wildman–Crippen MR) is 219 cm³/mol. The van der Waals surface area contributed by atoms with Crippen LogP contribution in [0, 0.1) is 44.8 Å². The minimum Gasteiger partial charge on any atom is -0.481 e. The minimum atomic E-state index is -0.722. The number of carboxylic acids is 1. The molecular formula is C46H67N5O4. The van der Waals surface area contributed by atoms with Crippen LogP contribution in [0.5, 0.6) is 0 Å². The van der Waals surface area contributed by atoms with Crippen molar-refractivity contribution in [3.63, 3.8) is 0 Å². The number of aromatic nitrogens is 2. The molecule has 1 amide bonds. The van der Waals surface area contributed by atoms with Crippen molar-refractivity contribution in [2.24, 2.45) is 44.8 Å². The summed E-state index contributed by atoms with van der Waals surface area (Å²) in [6, 6.07) is 9.18. The first-order chi connectivity index (χ1) is 25.6. The van der Waals surface area contributed by atoms with E-state index < -0.39 is 17.0 Å². The lowest BCUT2D eigenvalue weighted by atomic mass is 9.33. The molecule has 8 rings (SSSR count). The number of hydrogen-bond acceptors (Lipinski definition) is 6. The summed E-state index contributed by atoms with van der Waals surface area (Å²) in [5, 5.41) is 19.1. The third-order valence-corrected chi connectivity index (χ3v) is 16.9. The second kappa shape index (κ2) is 12.3. The van der Waals surface area contributed by atoms with Gasteiger partial charge in [0.05, 0.1) is 5.41 Å². The molecule has 300 valence electrons. The van der Waals surface area contributed by atoms with E-state index in [0.717, 1.165) is 76.6 Å². The zero-order chi connectivity index (χ0) is 39.7. The molecule has 7 atom stereocenters. The lowest BCUT2D eigenvalue weighted by Gasteiger charge is -2.71. The molecule has 55 heavy (non-hydrogen) atoms. The number of piperazine rings is 1. The second-order valence-electron chi connectivity index (χ2n) is 21.7. The van der Waals surface area contributed by atoms with Crippen molar-refractivity contribution >= 4 is 29.1 Å². The largest absolute Gasteiger partial charge is 0.481 e. The Balaban J connectivity index is 1.22. The Bertz CT molecular complexity index is 1910. The van der Waals surface area contributed by atoms with Gasteiger partial charge >= 0.3 is 12.1 Å². The topological polar surface area (TPSA) is 125 Å². The van der Waals surface area contributed by atoms with Gasteiger partial charge in [-0.1, -0.05) is 66.2 Å². The molecule has 4 fully saturated rings. The first-order valence-electron chi connectivity index (χ1n) is 21.2. The number of carbonyl (C=O) groups excluding carboxylic acids is 1. The summed E-state index contributed by atoms with van der Waals surface area (Å²) in [6.45, 7) is 25.7. The molecule has 6 aliphatic rings. The van der Waals surface area contributed by atoms with E-state index in [2.05, 4.69) is 87.8 Å². The highest BCUT2D eigenvalue weighted by molar-refractivity contribution is 5.80. The molecule has 2 heterocycles. The van der Waals surface area contributed by atoms with Gasteiger partial charge in [0.1, 0.15) is 11.4 Å². The summed E-state index contributed by atoms with van der Waals surface area (Å²) in [5.41, 5.74) is 12.9. The van der Waals surface area contributed by atoms with Gasteiger partial charge in [-0.05, 0) is 141 Å². The van der Waals surface area contributed by atoms with E-state index in [-0.39, 0.29) is 39.1 Å². The third kappa shape index (κ3) is 5.61. The molecule has 1 saturated heterocycles. The summed E-state index contributed by atoms with van der Waals surface area (Å²) in [5.74, 6) is 0.907. The van der Waals surface area contributed by atoms with Gasteiger partial charge in [0.2, 0.25) is 0 Å². The van der Waals surface area contributed by atoms with Crippen molar-refractivity contribution in [1.82, 2.24) is 15.1 Å². The van der Waals surface area contributed by atoms with Crippen LogP contribution in [-0.4, -0.2) is 64.0 Å². The Hall–Kier alpha value is -3.49. The highest BCUT2D eigenvalue weighted by Gasteiger charge is 2.70. The van der Waals surface area contributed by atoms with E-state index in [1.54, 1.807) is 0 Å². The van der Waals surface area contributed by atoms with Gasteiger partial charge in [0, 0.05) is 48.5 Å². The number of benzene rings is 1. The van der Waals surface area contributed by atoms with Crippen LogP contribution < -0.4 is 10.6 Å². The first kappa shape index (κ1) is 38.4. The van der Waals surface area contributed by atoms with Gasteiger partial charge in [-0.25, -0.2) is 4.79 Å². The summed E-state index contributed by atoms with van der Waals surface area (Å²) >= 11 is 0. The van der Waals surface area contributed by atoms with Crippen LogP contribution in [0.2, 0.25) is 0 Å². The van der Waals surface area contributed by atoms with Crippen molar-refractivity contribution in [3.8, 4) is 0 Å². The number of nitrogen functional groups attached to an aromatic ring is 1. The van der Waals surface area contributed by atoms with Crippen LogP contribution in [0.15, 0.2) is 29.8 Å². The minimum absolute atomic E-state index is 0.00315. The molecule has 2 aromatic rings. The van der Waals surface area contributed by atoms with Gasteiger partial charge in [-0.2, -0.15) is 5.10 Å². The lowest BCUT2D eigenvalue weighted by Crippen LogP contribution is -2.65. The van der Waals surface area contributed by atoms with Crippen LogP contribution >= 0.6 is 0 Å². The van der Waals surface area contributed by atoms with Crippen LogP contribution in [0.4, 0.5) is 16.3 Å². The molecular weight excluding hydrogens is 687 g/mol. The highest BCUT2D eigenvalue weighted by Crippen LogP contribution is 2.77. The molecule has 3 saturated carbocycles. The number of carboxylic acid groups (broad SMARTS) is 1. The number of nitrogens with two attached hydrogens (primary N) is 1. The van der Waals surface area contributed by atoms with Crippen molar-refractivity contribution in [3.05, 3.63) is 46.7 Å². The van der Waals surface area contributed by atoms with Gasteiger partial charge in [-0.15, -0.1) is 0 Å². The number of aromatic amines is 1. The normalized spacial score (nSPS) is 36.5. The maximum Gasteiger partial charge on any atom is 0.410 e. The number of fused-ring (bicyclic) bond motifs is 8. The van der Waals surface area contributed by atoms with E-state index in [1.807, 2.05) is 25.7 Å². The highest BCUT2D eigenvalue weighted by atomic mass is 16.6. The molecule has 0 spiro atoms. The fourth-order valence-corrected chi connectivity index (χ4v) is 13.8. The maximum absolute atomic E-state index is 13.6. The summed E-state index contributed by atoms with van der Waals surface area (Å²) in [4.78, 5) is 30.6. The maximum atomic E-state index is 13.6. The molecule has 1 aromatic carbocycles. The van der Waals surface area contributed by atoms with Crippen LogP contribution in [0.1, 0.15) is 137 Å². The molecule has 0 bridgehead atoms.